The molecule has 5 aliphatic rings. The maximum Gasteiger partial charge on any atom is 0.251 e. The van der Waals surface area contributed by atoms with Crippen LogP contribution in [0.5, 0.6) is 0 Å². The molecule has 1 amide bonds. The maximum atomic E-state index is 13.4. The Bertz CT molecular complexity index is 924. The molecule has 4 heterocycles. The predicted molar refractivity (Wildman–Crippen MR) is 114 cm³/mol. The molecule has 0 radical (unpaired) electrons. The van der Waals surface area contributed by atoms with Crippen molar-refractivity contribution >= 4 is 5.91 Å². The first-order valence-corrected chi connectivity index (χ1v) is 11.1. The number of piperidine rings is 2. The van der Waals surface area contributed by atoms with Crippen LogP contribution in [-0.2, 0) is 18.3 Å². The molecule has 3 atom stereocenters. The van der Waals surface area contributed by atoms with Gasteiger partial charge in [0.15, 0.2) is 0 Å². The highest BCUT2D eigenvalue weighted by Gasteiger charge is 2.55. The lowest BCUT2D eigenvalue weighted by atomic mass is 9.64. The van der Waals surface area contributed by atoms with Gasteiger partial charge in [0.25, 0.3) is 5.91 Å². The number of hydrogen-bond donors (Lipinski definition) is 1. The van der Waals surface area contributed by atoms with Crippen LogP contribution in [0.15, 0.2) is 48.5 Å². The number of rotatable bonds is 3. The van der Waals surface area contributed by atoms with Gasteiger partial charge in [-0.25, -0.2) is 0 Å². The van der Waals surface area contributed by atoms with Crippen LogP contribution in [-0.4, -0.2) is 61.0 Å². The average Bonchev–Trinajstić information content (AvgIpc) is 3.08. The Morgan fingerprint density at radius 1 is 0.931 bits per heavy atom. The van der Waals surface area contributed by atoms with E-state index in [0.717, 1.165) is 57.7 Å². The van der Waals surface area contributed by atoms with Gasteiger partial charge in [0.2, 0.25) is 0 Å². The second kappa shape index (κ2) is 6.68. The maximum absolute atomic E-state index is 13.4. The molecule has 4 saturated heterocycles. The molecule has 1 aliphatic carbocycles. The molecule has 4 fully saturated rings. The van der Waals surface area contributed by atoms with Crippen molar-refractivity contribution < 1.29 is 4.79 Å². The zero-order valence-electron chi connectivity index (χ0n) is 16.9. The minimum absolute atomic E-state index is 0.0225. The number of benzene rings is 2. The zero-order valence-corrected chi connectivity index (χ0v) is 16.9. The Kier molecular flexibility index (Phi) is 4.07. The number of amides is 1. The van der Waals surface area contributed by atoms with Crippen molar-refractivity contribution in [3.05, 3.63) is 70.8 Å². The highest BCUT2D eigenvalue weighted by atomic mass is 16.1. The van der Waals surface area contributed by atoms with Crippen molar-refractivity contribution in [1.82, 2.24) is 15.1 Å². The lowest BCUT2D eigenvalue weighted by Crippen LogP contribution is -2.70. The summed E-state index contributed by atoms with van der Waals surface area (Å²) in [6.07, 6.45) is 3.49. The van der Waals surface area contributed by atoms with Crippen molar-refractivity contribution in [3.8, 4) is 0 Å². The van der Waals surface area contributed by atoms with Gasteiger partial charge in [0.05, 0.1) is 0 Å². The molecule has 7 rings (SSSR count). The molecule has 4 heteroatoms. The number of nitrogens with one attached hydrogen (secondary N) is 1. The van der Waals surface area contributed by atoms with Crippen molar-refractivity contribution in [2.75, 3.05) is 39.3 Å². The van der Waals surface area contributed by atoms with E-state index >= 15 is 0 Å². The molecule has 2 aromatic rings. The summed E-state index contributed by atoms with van der Waals surface area (Å²) in [5, 5.41) is 3.54. The molecule has 1 N–H and O–H groups in total. The van der Waals surface area contributed by atoms with Crippen molar-refractivity contribution in [3.63, 3.8) is 0 Å². The van der Waals surface area contributed by atoms with E-state index in [1.54, 1.807) is 0 Å². The molecule has 2 unspecified atom stereocenters. The van der Waals surface area contributed by atoms with Crippen molar-refractivity contribution in [2.45, 2.75) is 30.7 Å². The molecular formula is C25H29N3O. The van der Waals surface area contributed by atoms with Gasteiger partial charge in [-0.15, -0.1) is 0 Å². The molecule has 2 aromatic carbocycles. The molecule has 4 bridgehead atoms. The molecule has 150 valence electrons. The highest BCUT2D eigenvalue weighted by molar-refractivity contribution is 5.95. The molecular weight excluding hydrogens is 358 g/mol. The first-order valence-electron chi connectivity index (χ1n) is 11.1. The van der Waals surface area contributed by atoms with E-state index < -0.39 is 0 Å². The second-order valence-electron chi connectivity index (χ2n) is 9.54. The van der Waals surface area contributed by atoms with Gasteiger partial charge < -0.3 is 15.1 Å². The Morgan fingerprint density at radius 3 is 2.41 bits per heavy atom. The first kappa shape index (κ1) is 17.7. The number of nitrogens with zero attached hydrogens (tertiary/aromatic N) is 2. The van der Waals surface area contributed by atoms with Crippen LogP contribution in [0, 0.1) is 5.92 Å². The number of hydrogen-bond acceptors (Lipinski definition) is 3. The summed E-state index contributed by atoms with van der Waals surface area (Å²) in [6, 6.07) is 17.5. The van der Waals surface area contributed by atoms with Gasteiger partial charge in [-0.1, -0.05) is 36.4 Å². The van der Waals surface area contributed by atoms with Crippen LogP contribution in [0.25, 0.3) is 0 Å². The third kappa shape index (κ3) is 2.84. The minimum atomic E-state index is -0.0225. The lowest BCUT2D eigenvalue weighted by molar-refractivity contribution is 0.0180. The largest absolute Gasteiger partial charge is 0.348 e. The summed E-state index contributed by atoms with van der Waals surface area (Å²) in [6.45, 7) is 6.58. The molecule has 4 nitrogen and oxygen atoms in total. The first-order chi connectivity index (χ1) is 14.2. The number of carbonyl (C=O) groups is 1. The quantitative estimate of drug-likeness (QED) is 0.879. The lowest BCUT2D eigenvalue weighted by Gasteiger charge is -2.55. The summed E-state index contributed by atoms with van der Waals surface area (Å²) in [5.74, 6) is 0.592. The standard InChI is InChI=1S/C25H29N3O/c29-24(20-10-9-18-5-4-6-19(18)13-20)26-23-21-14-27-11-12-28(15-21)17-25(23,16-27)22-7-2-1-3-8-22/h1-3,7-10,13,21,23H,4-6,11-12,14-17H2,(H,26,29)/t21?,23-,25?/m0/s1. The highest BCUT2D eigenvalue weighted by Crippen LogP contribution is 2.43. The van der Waals surface area contributed by atoms with E-state index in [1.807, 2.05) is 6.07 Å². The minimum Gasteiger partial charge on any atom is -0.348 e. The van der Waals surface area contributed by atoms with Crippen LogP contribution in [0.2, 0.25) is 0 Å². The predicted octanol–water partition coefficient (Wildman–Crippen LogP) is 2.47. The molecule has 4 aliphatic heterocycles. The van der Waals surface area contributed by atoms with Crippen molar-refractivity contribution in [1.29, 1.82) is 0 Å². The van der Waals surface area contributed by atoms with Gasteiger partial charge in [-0.05, 0) is 48.1 Å². The molecule has 0 saturated carbocycles. The topological polar surface area (TPSA) is 35.6 Å². The molecule has 29 heavy (non-hydrogen) atoms. The number of carbonyl (C=O) groups excluding carboxylic acids is 1. The fourth-order valence-electron chi connectivity index (χ4n) is 6.51. The van der Waals surface area contributed by atoms with Gasteiger partial charge in [-0.2, -0.15) is 0 Å². The van der Waals surface area contributed by atoms with Crippen LogP contribution in [0.3, 0.4) is 0 Å². The van der Waals surface area contributed by atoms with Crippen LogP contribution < -0.4 is 5.32 Å². The fourth-order valence-corrected chi connectivity index (χ4v) is 6.51. The van der Waals surface area contributed by atoms with E-state index in [1.165, 1.54) is 23.1 Å². The van der Waals surface area contributed by atoms with Gasteiger partial charge in [0.1, 0.15) is 0 Å². The van der Waals surface area contributed by atoms with E-state index in [-0.39, 0.29) is 17.4 Å². The van der Waals surface area contributed by atoms with Crippen LogP contribution in [0.4, 0.5) is 0 Å². The Hall–Kier alpha value is -2.17. The Morgan fingerprint density at radius 2 is 1.66 bits per heavy atom. The fraction of sp³-hybridized carbons (Fsp3) is 0.480. The van der Waals surface area contributed by atoms with E-state index in [4.69, 9.17) is 0 Å². The molecule has 0 spiro atoms. The van der Waals surface area contributed by atoms with E-state index in [0.29, 0.717) is 5.92 Å². The third-order valence-electron chi connectivity index (χ3n) is 7.79. The summed E-state index contributed by atoms with van der Waals surface area (Å²) < 4.78 is 0. The van der Waals surface area contributed by atoms with Crippen LogP contribution in [0.1, 0.15) is 33.5 Å². The monoisotopic (exact) mass is 387 g/mol. The van der Waals surface area contributed by atoms with Crippen molar-refractivity contribution in [2.24, 2.45) is 5.92 Å². The smallest absolute Gasteiger partial charge is 0.251 e. The van der Waals surface area contributed by atoms with Crippen LogP contribution >= 0.6 is 0 Å². The second-order valence-corrected chi connectivity index (χ2v) is 9.54. The summed E-state index contributed by atoms with van der Waals surface area (Å²) in [5.41, 5.74) is 4.98. The average molecular weight is 388 g/mol. The zero-order chi connectivity index (χ0) is 19.4. The summed E-state index contributed by atoms with van der Waals surface area (Å²) in [4.78, 5) is 18.6. The third-order valence-corrected chi connectivity index (χ3v) is 7.79. The Labute approximate surface area is 172 Å². The summed E-state index contributed by atoms with van der Waals surface area (Å²) in [7, 11) is 0. The number of aryl methyl sites for hydroxylation is 2. The SMILES string of the molecule is O=C(N[C@H]1C2CN3CCN(C2)CC1(c1ccccc1)C3)c1ccc2c(c1)CCC2. The van der Waals surface area contributed by atoms with Gasteiger partial charge in [-0.3, -0.25) is 4.79 Å². The summed E-state index contributed by atoms with van der Waals surface area (Å²) >= 11 is 0. The molecule has 0 aromatic heterocycles. The Balaban J connectivity index is 1.36. The normalized spacial score (nSPS) is 34.6. The van der Waals surface area contributed by atoms with Gasteiger partial charge in [0, 0.05) is 62.2 Å². The van der Waals surface area contributed by atoms with E-state index in [2.05, 4.69) is 57.6 Å². The number of fused-ring (bicyclic) bond motifs is 2. The van der Waals surface area contributed by atoms with Gasteiger partial charge >= 0.3 is 0 Å². The van der Waals surface area contributed by atoms with E-state index in [9.17, 15) is 4.79 Å².